The van der Waals surface area contributed by atoms with Crippen LogP contribution in [-0.2, 0) is 0 Å². The zero-order chi connectivity index (χ0) is 14.2. The molecule has 98 valence electrons. The Morgan fingerprint density at radius 2 is 2.00 bits per heavy atom. The van der Waals surface area contributed by atoms with Crippen LogP contribution in [0.5, 0.6) is 0 Å². The van der Waals surface area contributed by atoms with Crippen LogP contribution in [-0.4, -0.2) is 20.9 Å². The number of nitrogens with zero attached hydrogens (tertiary/aromatic N) is 2. The lowest BCUT2D eigenvalue weighted by molar-refractivity contribution is 0.0686. The van der Waals surface area contributed by atoms with Crippen molar-refractivity contribution in [3.8, 4) is 5.69 Å². The standard InChI is InChI=1S/C13H11FN2O3/c1-7-5-9(3-4-10(7)14)16-6-8(2)12(17)11(15-16)13(18)19/h3-6H,1-2H3,(H,18,19). The topological polar surface area (TPSA) is 72.2 Å². The molecule has 0 spiro atoms. The Labute approximate surface area is 107 Å². The number of halogens is 1. The predicted molar refractivity (Wildman–Crippen MR) is 66.2 cm³/mol. The maximum Gasteiger partial charge on any atom is 0.360 e. The summed E-state index contributed by atoms with van der Waals surface area (Å²) in [5.41, 5.74) is -0.0176. The quantitative estimate of drug-likeness (QED) is 0.893. The average molecular weight is 262 g/mol. The summed E-state index contributed by atoms with van der Waals surface area (Å²) >= 11 is 0. The van der Waals surface area contributed by atoms with Gasteiger partial charge >= 0.3 is 5.97 Å². The Balaban J connectivity index is 2.66. The number of benzene rings is 1. The molecule has 1 heterocycles. The number of carboxylic acids is 1. The average Bonchev–Trinajstić information content (AvgIpc) is 2.35. The molecule has 0 bridgehead atoms. The van der Waals surface area contributed by atoms with E-state index in [1.807, 2.05) is 0 Å². The van der Waals surface area contributed by atoms with Crippen molar-refractivity contribution in [1.29, 1.82) is 0 Å². The van der Waals surface area contributed by atoms with Crippen molar-refractivity contribution in [1.82, 2.24) is 9.78 Å². The maximum atomic E-state index is 13.2. The van der Waals surface area contributed by atoms with Gasteiger partial charge in [-0.1, -0.05) is 0 Å². The number of carbonyl (C=O) groups is 1. The van der Waals surface area contributed by atoms with Gasteiger partial charge in [0.1, 0.15) is 5.82 Å². The maximum absolute atomic E-state index is 13.2. The number of hydrogen-bond donors (Lipinski definition) is 1. The second-order valence-corrected chi connectivity index (χ2v) is 4.17. The molecule has 2 rings (SSSR count). The van der Waals surface area contributed by atoms with Gasteiger partial charge < -0.3 is 5.11 Å². The number of aryl methyl sites for hydroxylation is 2. The Kier molecular flexibility index (Phi) is 3.16. The first-order valence-electron chi connectivity index (χ1n) is 5.50. The van der Waals surface area contributed by atoms with Gasteiger partial charge in [-0.3, -0.25) is 4.79 Å². The first-order chi connectivity index (χ1) is 8.90. The highest BCUT2D eigenvalue weighted by Gasteiger charge is 2.14. The second kappa shape index (κ2) is 4.64. The van der Waals surface area contributed by atoms with Crippen LogP contribution in [0.3, 0.4) is 0 Å². The largest absolute Gasteiger partial charge is 0.476 e. The normalized spacial score (nSPS) is 10.5. The van der Waals surface area contributed by atoms with Crippen LogP contribution < -0.4 is 5.43 Å². The van der Waals surface area contributed by atoms with E-state index >= 15 is 0 Å². The Morgan fingerprint density at radius 1 is 1.32 bits per heavy atom. The van der Waals surface area contributed by atoms with Crippen molar-refractivity contribution >= 4 is 5.97 Å². The van der Waals surface area contributed by atoms with Crippen LogP contribution in [0.25, 0.3) is 5.69 Å². The molecule has 0 aliphatic carbocycles. The van der Waals surface area contributed by atoms with E-state index < -0.39 is 17.1 Å². The molecule has 1 N–H and O–H groups in total. The summed E-state index contributed by atoms with van der Waals surface area (Å²) in [4.78, 5) is 22.5. The van der Waals surface area contributed by atoms with Crippen LogP contribution in [0.1, 0.15) is 21.6 Å². The molecular formula is C13H11FN2O3. The molecule has 6 heteroatoms. The highest BCUT2D eigenvalue weighted by molar-refractivity contribution is 5.85. The summed E-state index contributed by atoms with van der Waals surface area (Å²) in [6.45, 7) is 3.09. The summed E-state index contributed by atoms with van der Waals surface area (Å²) in [5.74, 6) is -1.75. The fourth-order valence-corrected chi connectivity index (χ4v) is 1.65. The number of rotatable bonds is 2. The lowest BCUT2D eigenvalue weighted by Crippen LogP contribution is -2.23. The molecule has 2 aromatic rings. The van der Waals surface area contributed by atoms with Gasteiger partial charge in [-0.25, -0.2) is 13.9 Å². The van der Waals surface area contributed by atoms with E-state index in [1.165, 1.54) is 36.0 Å². The molecule has 0 aliphatic rings. The minimum Gasteiger partial charge on any atom is -0.476 e. The van der Waals surface area contributed by atoms with E-state index in [2.05, 4.69) is 5.10 Å². The summed E-state index contributed by atoms with van der Waals surface area (Å²) in [6.07, 6.45) is 1.42. The van der Waals surface area contributed by atoms with Gasteiger partial charge in [0.2, 0.25) is 11.1 Å². The van der Waals surface area contributed by atoms with Crippen molar-refractivity contribution in [3.63, 3.8) is 0 Å². The SMILES string of the molecule is Cc1cc(-n2cc(C)c(=O)c(C(=O)O)n2)ccc1F. The predicted octanol–water partition coefficient (Wildman–Crippen LogP) is 1.69. The fraction of sp³-hybridized carbons (Fsp3) is 0.154. The highest BCUT2D eigenvalue weighted by atomic mass is 19.1. The monoisotopic (exact) mass is 262 g/mol. The molecule has 1 aromatic heterocycles. The van der Waals surface area contributed by atoms with E-state index in [4.69, 9.17) is 5.11 Å². The van der Waals surface area contributed by atoms with Crippen molar-refractivity contribution in [2.45, 2.75) is 13.8 Å². The fourth-order valence-electron chi connectivity index (χ4n) is 1.65. The first-order valence-corrected chi connectivity index (χ1v) is 5.50. The molecule has 0 fully saturated rings. The minimum absolute atomic E-state index is 0.259. The lowest BCUT2D eigenvalue weighted by atomic mass is 10.2. The number of aromatic nitrogens is 2. The second-order valence-electron chi connectivity index (χ2n) is 4.17. The van der Waals surface area contributed by atoms with E-state index in [9.17, 15) is 14.0 Å². The van der Waals surface area contributed by atoms with Crippen LogP contribution >= 0.6 is 0 Å². The van der Waals surface area contributed by atoms with Gasteiger partial charge in [-0.2, -0.15) is 5.10 Å². The van der Waals surface area contributed by atoms with Gasteiger partial charge in [0.25, 0.3) is 0 Å². The zero-order valence-electron chi connectivity index (χ0n) is 10.3. The van der Waals surface area contributed by atoms with Crippen molar-refractivity contribution in [2.24, 2.45) is 0 Å². The van der Waals surface area contributed by atoms with Gasteiger partial charge in [0.15, 0.2) is 0 Å². The molecule has 0 amide bonds. The summed E-state index contributed by atoms with van der Waals surface area (Å²) in [6, 6.07) is 4.25. The van der Waals surface area contributed by atoms with Crippen molar-refractivity contribution in [2.75, 3.05) is 0 Å². The summed E-state index contributed by atoms with van der Waals surface area (Å²) in [5, 5.41) is 12.7. The molecule has 5 nitrogen and oxygen atoms in total. The molecule has 0 unspecified atom stereocenters. The smallest absolute Gasteiger partial charge is 0.360 e. The van der Waals surface area contributed by atoms with Crippen LogP contribution in [0, 0.1) is 19.7 Å². The van der Waals surface area contributed by atoms with Crippen LogP contribution in [0.2, 0.25) is 0 Å². The third-order valence-electron chi connectivity index (χ3n) is 2.71. The zero-order valence-corrected chi connectivity index (χ0v) is 10.3. The molecule has 19 heavy (non-hydrogen) atoms. The van der Waals surface area contributed by atoms with E-state index in [0.717, 1.165) is 0 Å². The van der Waals surface area contributed by atoms with Gasteiger partial charge in [-0.05, 0) is 37.6 Å². The summed E-state index contributed by atoms with van der Waals surface area (Å²) in [7, 11) is 0. The third-order valence-corrected chi connectivity index (χ3v) is 2.71. The molecule has 0 atom stereocenters. The molecular weight excluding hydrogens is 251 g/mol. The Hall–Kier alpha value is -2.50. The number of carboxylic acid groups (broad SMARTS) is 1. The third kappa shape index (κ3) is 2.37. The summed E-state index contributed by atoms with van der Waals surface area (Å²) < 4.78 is 14.4. The lowest BCUT2D eigenvalue weighted by Gasteiger charge is -2.08. The van der Waals surface area contributed by atoms with Gasteiger partial charge in [-0.15, -0.1) is 0 Å². The highest BCUT2D eigenvalue weighted by Crippen LogP contribution is 2.12. The van der Waals surface area contributed by atoms with E-state index in [1.54, 1.807) is 6.92 Å². The van der Waals surface area contributed by atoms with Crippen molar-refractivity contribution < 1.29 is 14.3 Å². The molecule has 0 saturated heterocycles. The molecule has 0 saturated carbocycles. The number of hydrogen-bond acceptors (Lipinski definition) is 3. The number of aromatic carboxylic acids is 1. The van der Waals surface area contributed by atoms with Crippen LogP contribution in [0.15, 0.2) is 29.2 Å². The first kappa shape index (κ1) is 12.9. The Bertz CT molecular complexity index is 722. The van der Waals surface area contributed by atoms with Gasteiger partial charge in [0.05, 0.1) is 5.69 Å². The minimum atomic E-state index is -1.39. The Morgan fingerprint density at radius 3 is 2.58 bits per heavy atom. The molecule has 0 aliphatic heterocycles. The van der Waals surface area contributed by atoms with E-state index in [-0.39, 0.29) is 11.4 Å². The van der Waals surface area contributed by atoms with Crippen molar-refractivity contribution in [3.05, 3.63) is 57.3 Å². The van der Waals surface area contributed by atoms with Crippen LogP contribution in [0.4, 0.5) is 4.39 Å². The van der Waals surface area contributed by atoms with Gasteiger partial charge in [0, 0.05) is 11.8 Å². The molecule has 1 aromatic carbocycles. The van der Waals surface area contributed by atoms with E-state index in [0.29, 0.717) is 11.3 Å². The molecule has 0 radical (unpaired) electrons.